The lowest BCUT2D eigenvalue weighted by molar-refractivity contribution is -0.0115. The van der Waals surface area contributed by atoms with Gasteiger partial charge in [-0.1, -0.05) is 12.1 Å². The van der Waals surface area contributed by atoms with Crippen LogP contribution in [0, 0.1) is 19.8 Å². The van der Waals surface area contributed by atoms with Crippen LogP contribution in [0.4, 0.5) is 21.0 Å². The highest BCUT2D eigenvalue weighted by atomic mass is 16.5. The number of amides is 5. The number of benzene rings is 1. The number of nitrogens with zero attached hydrogens (tertiary/aromatic N) is 3. The molecule has 0 radical (unpaired) electrons. The van der Waals surface area contributed by atoms with Crippen LogP contribution in [0.3, 0.4) is 0 Å². The van der Waals surface area contributed by atoms with Crippen LogP contribution in [0.25, 0.3) is 0 Å². The van der Waals surface area contributed by atoms with Crippen molar-refractivity contribution < 1.29 is 33.5 Å². The zero-order valence-electron chi connectivity index (χ0n) is 27.8. The van der Waals surface area contributed by atoms with Crippen LogP contribution < -0.4 is 20.7 Å². The SMILES string of the molecule is Cc1noc(C)c1NC(=O)N(C)C[C@@H]1OCCCC[C@H](C)Oc2ccc(NC(=O)NC(C)C)cc2C(=O)N([C@@H](C)CO)C[C@@H]1C. The van der Waals surface area contributed by atoms with Gasteiger partial charge in [0.2, 0.25) is 0 Å². The van der Waals surface area contributed by atoms with Gasteiger partial charge in [0.05, 0.1) is 30.4 Å². The number of hydrogen-bond acceptors (Lipinski definition) is 8. The number of hydrogen-bond donors (Lipinski definition) is 4. The van der Waals surface area contributed by atoms with Crippen molar-refractivity contribution in [2.24, 2.45) is 5.92 Å². The number of carbonyl (C=O) groups excluding carboxylic acids is 3. The molecular formula is C32H50N6O7. The van der Waals surface area contributed by atoms with Crippen molar-refractivity contribution in [3.8, 4) is 5.75 Å². The molecule has 1 aliphatic heterocycles. The highest BCUT2D eigenvalue weighted by Crippen LogP contribution is 2.29. The predicted molar refractivity (Wildman–Crippen MR) is 172 cm³/mol. The molecule has 250 valence electrons. The van der Waals surface area contributed by atoms with Crippen molar-refractivity contribution in [3.63, 3.8) is 0 Å². The monoisotopic (exact) mass is 630 g/mol. The molecule has 0 aliphatic carbocycles. The molecule has 13 nitrogen and oxygen atoms in total. The number of aryl methyl sites for hydroxylation is 2. The predicted octanol–water partition coefficient (Wildman–Crippen LogP) is 4.78. The zero-order chi connectivity index (χ0) is 33.3. The second-order valence-corrected chi connectivity index (χ2v) is 12.3. The molecule has 2 heterocycles. The number of likely N-dealkylation sites (N-methyl/N-ethyl adjacent to an activating group) is 1. The minimum atomic E-state index is -0.528. The number of ether oxygens (including phenoxy) is 2. The molecule has 13 heteroatoms. The van der Waals surface area contributed by atoms with E-state index in [4.69, 9.17) is 14.0 Å². The second kappa shape index (κ2) is 16.5. The Morgan fingerprint density at radius 2 is 1.89 bits per heavy atom. The Morgan fingerprint density at radius 1 is 1.16 bits per heavy atom. The Bertz CT molecular complexity index is 1280. The van der Waals surface area contributed by atoms with E-state index in [1.165, 1.54) is 0 Å². The smallest absolute Gasteiger partial charge is 0.321 e. The molecule has 1 aliphatic rings. The van der Waals surface area contributed by atoms with Gasteiger partial charge in [-0.05, 0) is 79.0 Å². The molecule has 45 heavy (non-hydrogen) atoms. The van der Waals surface area contributed by atoms with Gasteiger partial charge in [-0.3, -0.25) is 4.79 Å². The summed E-state index contributed by atoms with van der Waals surface area (Å²) in [5.74, 6) is 0.354. The lowest BCUT2D eigenvalue weighted by atomic mass is 10.0. The first-order valence-corrected chi connectivity index (χ1v) is 15.7. The van der Waals surface area contributed by atoms with E-state index in [-0.39, 0.29) is 61.3 Å². The third-order valence-corrected chi connectivity index (χ3v) is 7.79. The van der Waals surface area contributed by atoms with Crippen molar-refractivity contribution in [2.45, 2.75) is 92.0 Å². The zero-order valence-corrected chi connectivity index (χ0v) is 27.8. The first-order chi connectivity index (χ1) is 21.3. The van der Waals surface area contributed by atoms with Crippen LogP contribution in [0.5, 0.6) is 5.75 Å². The molecular weight excluding hydrogens is 580 g/mol. The molecule has 2 aromatic rings. The molecule has 0 unspecified atom stereocenters. The molecule has 0 fully saturated rings. The van der Waals surface area contributed by atoms with Gasteiger partial charge in [-0.15, -0.1) is 0 Å². The highest BCUT2D eigenvalue weighted by molar-refractivity contribution is 5.99. The minimum Gasteiger partial charge on any atom is -0.490 e. The summed E-state index contributed by atoms with van der Waals surface area (Å²) < 4.78 is 17.8. The number of anilines is 2. The standard InChI is InChI=1S/C32H50N6O7/c1-19(2)33-31(41)34-25-12-13-27-26(15-25)30(40)38(21(4)18-39)16-20(3)28(43-14-10-9-11-22(5)44-27)17-37(8)32(42)35-29-23(6)36-45-24(29)7/h12-13,15,19-22,28,39H,9-11,14,16-18H2,1-8H3,(H,35,42)(H2,33,34,41)/t20-,21-,22-,28-/m0/s1. The maximum atomic E-state index is 14.2. The van der Waals surface area contributed by atoms with Crippen molar-refractivity contribution in [1.29, 1.82) is 0 Å². The van der Waals surface area contributed by atoms with Gasteiger partial charge in [-0.2, -0.15) is 0 Å². The van der Waals surface area contributed by atoms with Crippen LogP contribution in [-0.2, 0) is 4.74 Å². The lowest BCUT2D eigenvalue weighted by Crippen LogP contribution is -2.48. The van der Waals surface area contributed by atoms with Gasteiger partial charge in [-0.25, -0.2) is 9.59 Å². The molecule has 3 rings (SSSR count). The van der Waals surface area contributed by atoms with Gasteiger partial charge in [0.25, 0.3) is 5.91 Å². The maximum absolute atomic E-state index is 14.2. The fourth-order valence-electron chi connectivity index (χ4n) is 5.11. The van der Waals surface area contributed by atoms with Crippen molar-refractivity contribution >= 4 is 29.3 Å². The number of fused-ring (bicyclic) bond motifs is 1. The molecule has 4 N–H and O–H groups in total. The first kappa shape index (κ1) is 35.6. The molecule has 1 aromatic heterocycles. The average molecular weight is 631 g/mol. The summed E-state index contributed by atoms with van der Waals surface area (Å²) in [6.45, 7) is 13.6. The molecule has 0 bridgehead atoms. The van der Waals surface area contributed by atoms with Crippen LogP contribution >= 0.6 is 0 Å². The van der Waals surface area contributed by atoms with E-state index < -0.39 is 12.1 Å². The van der Waals surface area contributed by atoms with Gasteiger partial charge in [0.1, 0.15) is 17.1 Å². The van der Waals surface area contributed by atoms with E-state index in [0.29, 0.717) is 35.2 Å². The second-order valence-electron chi connectivity index (χ2n) is 12.3. The third-order valence-electron chi connectivity index (χ3n) is 7.79. The van der Waals surface area contributed by atoms with Gasteiger partial charge in [0, 0.05) is 44.4 Å². The Labute approximate surface area is 266 Å². The summed E-state index contributed by atoms with van der Waals surface area (Å²) in [4.78, 5) is 42.9. The number of carbonyl (C=O) groups is 3. The molecule has 5 amide bonds. The van der Waals surface area contributed by atoms with Crippen LogP contribution in [0.15, 0.2) is 22.7 Å². The topological polar surface area (TPSA) is 158 Å². The van der Waals surface area contributed by atoms with Gasteiger partial charge < -0.3 is 44.9 Å². The van der Waals surface area contributed by atoms with E-state index in [2.05, 4.69) is 21.1 Å². The van der Waals surface area contributed by atoms with Gasteiger partial charge in [0.15, 0.2) is 5.76 Å². The Kier molecular flexibility index (Phi) is 13.0. The number of urea groups is 2. The van der Waals surface area contributed by atoms with Crippen LogP contribution in [-0.4, -0.2) is 95.7 Å². The number of nitrogens with one attached hydrogen (secondary N) is 3. The summed E-state index contributed by atoms with van der Waals surface area (Å²) in [6.07, 6.45) is 1.79. The van der Waals surface area contributed by atoms with Crippen molar-refractivity contribution in [3.05, 3.63) is 35.2 Å². The number of aliphatic hydroxyl groups excluding tert-OH is 1. The molecule has 4 atom stereocenters. The van der Waals surface area contributed by atoms with Crippen molar-refractivity contribution in [2.75, 3.05) is 44.0 Å². The Morgan fingerprint density at radius 3 is 2.53 bits per heavy atom. The summed E-state index contributed by atoms with van der Waals surface area (Å²) in [6, 6.07) is 3.70. The van der Waals surface area contributed by atoms with E-state index in [1.807, 2.05) is 27.7 Å². The van der Waals surface area contributed by atoms with E-state index in [9.17, 15) is 19.5 Å². The normalized spacial score (nSPS) is 20.4. The van der Waals surface area contributed by atoms with Crippen LogP contribution in [0.2, 0.25) is 0 Å². The summed E-state index contributed by atoms with van der Waals surface area (Å²) in [7, 11) is 1.69. The van der Waals surface area contributed by atoms with Crippen molar-refractivity contribution in [1.82, 2.24) is 20.3 Å². The summed E-state index contributed by atoms with van der Waals surface area (Å²) in [5, 5.41) is 22.5. The first-order valence-electron chi connectivity index (χ1n) is 15.7. The fraction of sp³-hybridized carbons (Fsp3) is 0.625. The fourth-order valence-corrected chi connectivity index (χ4v) is 5.11. The maximum Gasteiger partial charge on any atom is 0.321 e. The third kappa shape index (κ3) is 10.1. The molecule has 0 saturated heterocycles. The van der Waals surface area contributed by atoms with E-state index >= 15 is 0 Å². The molecule has 0 saturated carbocycles. The number of aliphatic hydroxyl groups is 1. The summed E-state index contributed by atoms with van der Waals surface area (Å²) >= 11 is 0. The van der Waals surface area contributed by atoms with E-state index in [0.717, 1.165) is 19.3 Å². The highest BCUT2D eigenvalue weighted by Gasteiger charge is 2.31. The number of aromatic nitrogens is 1. The summed E-state index contributed by atoms with van der Waals surface area (Å²) in [5.41, 5.74) is 1.84. The average Bonchev–Trinajstić information content (AvgIpc) is 3.30. The molecule has 0 spiro atoms. The molecule has 1 aromatic carbocycles. The van der Waals surface area contributed by atoms with Crippen LogP contribution in [0.1, 0.15) is 75.7 Å². The Hall–Kier alpha value is -3.84. The minimum absolute atomic E-state index is 0.0633. The number of rotatable bonds is 7. The Balaban J connectivity index is 1.90. The van der Waals surface area contributed by atoms with Gasteiger partial charge >= 0.3 is 12.1 Å². The van der Waals surface area contributed by atoms with E-state index in [1.54, 1.807) is 55.8 Å². The largest absolute Gasteiger partial charge is 0.490 e. The lowest BCUT2D eigenvalue weighted by Gasteiger charge is -2.35. The quantitative estimate of drug-likeness (QED) is 0.340.